The molecule has 0 amide bonds. The number of rotatable bonds is 4. The second-order valence-corrected chi connectivity index (χ2v) is 6.38. The number of hydrogen-bond donors (Lipinski definition) is 3. The summed E-state index contributed by atoms with van der Waals surface area (Å²) in [6.45, 7) is 6.62. The van der Waals surface area contributed by atoms with E-state index in [1.54, 1.807) is 0 Å². The highest BCUT2D eigenvalue weighted by molar-refractivity contribution is 7.80. The zero-order valence-corrected chi connectivity index (χ0v) is 13.9. The van der Waals surface area contributed by atoms with E-state index in [0.717, 1.165) is 12.1 Å². The minimum Gasteiger partial charge on any atom is -0.331 e. The second-order valence-electron chi connectivity index (χ2n) is 5.97. The van der Waals surface area contributed by atoms with E-state index in [1.165, 1.54) is 24.1 Å². The van der Waals surface area contributed by atoms with Crippen LogP contribution in [0.2, 0.25) is 0 Å². The van der Waals surface area contributed by atoms with Crippen LogP contribution in [0, 0.1) is 5.92 Å². The van der Waals surface area contributed by atoms with Gasteiger partial charge >= 0.3 is 0 Å². The van der Waals surface area contributed by atoms with Gasteiger partial charge < -0.3 is 10.7 Å². The third-order valence-electron chi connectivity index (χ3n) is 3.89. The molecule has 3 nitrogen and oxygen atoms in total. The van der Waals surface area contributed by atoms with Crippen molar-refractivity contribution in [3.05, 3.63) is 41.6 Å². The first-order chi connectivity index (χ1) is 10.1. The molecule has 1 aliphatic rings. The van der Waals surface area contributed by atoms with Gasteiger partial charge in [0.25, 0.3) is 0 Å². The van der Waals surface area contributed by atoms with Crippen LogP contribution < -0.4 is 16.2 Å². The van der Waals surface area contributed by atoms with E-state index >= 15 is 0 Å². The topological polar surface area (TPSA) is 36.1 Å². The molecule has 21 heavy (non-hydrogen) atoms. The quantitative estimate of drug-likeness (QED) is 0.572. The molecule has 1 aromatic rings. The maximum Gasteiger partial charge on any atom is 0.189 e. The van der Waals surface area contributed by atoms with Gasteiger partial charge in [0.15, 0.2) is 5.11 Å². The molecule has 0 heterocycles. The molecule has 0 unspecified atom stereocenters. The van der Waals surface area contributed by atoms with Crippen LogP contribution in [0.15, 0.2) is 36.0 Å². The average Bonchev–Trinajstić information content (AvgIpc) is 2.47. The summed E-state index contributed by atoms with van der Waals surface area (Å²) >= 11 is 5.32. The van der Waals surface area contributed by atoms with Crippen LogP contribution in [-0.4, -0.2) is 5.11 Å². The van der Waals surface area contributed by atoms with Gasteiger partial charge in [0.05, 0.1) is 0 Å². The lowest BCUT2D eigenvalue weighted by Crippen LogP contribution is -2.41. The lowest BCUT2D eigenvalue weighted by Gasteiger charge is -2.23. The first-order valence-corrected chi connectivity index (χ1v) is 8.10. The van der Waals surface area contributed by atoms with Crippen molar-refractivity contribution in [3.63, 3.8) is 0 Å². The lowest BCUT2D eigenvalue weighted by molar-refractivity contribution is 0.501. The van der Waals surface area contributed by atoms with Gasteiger partial charge in [-0.2, -0.15) is 0 Å². The molecule has 0 spiro atoms. The number of hydrazine groups is 1. The summed E-state index contributed by atoms with van der Waals surface area (Å²) in [6.07, 6.45) is 5.90. The van der Waals surface area contributed by atoms with E-state index < -0.39 is 0 Å². The smallest absolute Gasteiger partial charge is 0.189 e. The summed E-state index contributed by atoms with van der Waals surface area (Å²) in [5.74, 6) is 1.12. The van der Waals surface area contributed by atoms with Crippen molar-refractivity contribution >= 4 is 23.0 Å². The Morgan fingerprint density at radius 2 is 1.95 bits per heavy atom. The first-order valence-electron chi connectivity index (χ1n) is 7.69. The van der Waals surface area contributed by atoms with Crippen LogP contribution in [0.25, 0.3) is 0 Å². The second kappa shape index (κ2) is 7.46. The number of benzene rings is 1. The first kappa shape index (κ1) is 15.8. The number of thiocarbonyl (C=S) groups is 1. The highest BCUT2D eigenvalue weighted by Gasteiger charge is 2.12. The van der Waals surface area contributed by atoms with Gasteiger partial charge in [-0.1, -0.05) is 39.0 Å². The van der Waals surface area contributed by atoms with Crippen LogP contribution >= 0.6 is 12.2 Å². The molecule has 4 heteroatoms. The van der Waals surface area contributed by atoms with Crippen molar-refractivity contribution < 1.29 is 0 Å². The predicted octanol–water partition coefficient (Wildman–Crippen LogP) is 4.30. The lowest BCUT2D eigenvalue weighted by atomic mass is 9.94. The molecule has 1 aliphatic carbocycles. The van der Waals surface area contributed by atoms with Gasteiger partial charge in [-0.15, -0.1) is 0 Å². The Hall–Kier alpha value is -1.55. The highest BCUT2D eigenvalue weighted by Crippen LogP contribution is 2.21. The highest BCUT2D eigenvalue weighted by atomic mass is 32.1. The van der Waals surface area contributed by atoms with Gasteiger partial charge in [-0.25, -0.2) is 0 Å². The minimum atomic E-state index is 0.547. The fraction of sp³-hybridized carbons (Fsp3) is 0.471. The Labute approximate surface area is 133 Å². The number of anilines is 1. The van der Waals surface area contributed by atoms with Crippen molar-refractivity contribution in [1.29, 1.82) is 0 Å². The maximum atomic E-state index is 5.32. The van der Waals surface area contributed by atoms with Gasteiger partial charge in [0, 0.05) is 11.4 Å². The molecule has 0 radical (unpaired) electrons. The Morgan fingerprint density at radius 1 is 1.24 bits per heavy atom. The number of allylic oxidation sites excluding steroid dienone is 2. The standard InChI is InChI=1S/C17H25N3S/c1-12(2)14-8-10-15(11-9-14)18-17(21)20-19-16-7-5-4-6-13(16)3/h7-13,19H,4-6H2,1-3H3,(H2,18,20,21)/t13-/m0/s1. The van der Waals surface area contributed by atoms with E-state index in [4.69, 9.17) is 12.2 Å². The zero-order valence-electron chi connectivity index (χ0n) is 13.1. The van der Waals surface area contributed by atoms with Crippen LogP contribution in [0.1, 0.15) is 51.5 Å². The van der Waals surface area contributed by atoms with E-state index in [9.17, 15) is 0 Å². The molecule has 0 aromatic heterocycles. The normalized spacial score (nSPS) is 18.1. The molecule has 2 rings (SSSR count). The third kappa shape index (κ3) is 4.74. The Balaban J connectivity index is 1.83. The third-order valence-corrected chi connectivity index (χ3v) is 4.10. The van der Waals surface area contributed by atoms with Crippen molar-refractivity contribution in [3.8, 4) is 0 Å². The summed E-state index contributed by atoms with van der Waals surface area (Å²) in [4.78, 5) is 0. The largest absolute Gasteiger partial charge is 0.331 e. The van der Waals surface area contributed by atoms with Crippen molar-refractivity contribution in [1.82, 2.24) is 10.9 Å². The molecular weight excluding hydrogens is 278 g/mol. The molecule has 0 saturated heterocycles. The fourth-order valence-corrected chi connectivity index (χ4v) is 2.62. The van der Waals surface area contributed by atoms with E-state index in [2.05, 4.69) is 67.3 Å². The summed E-state index contributed by atoms with van der Waals surface area (Å²) in [7, 11) is 0. The zero-order chi connectivity index (χ0) is 15.2. The van der Waals surface area contributed by atoms with Crippen molar-refractivity contribution in [2.75, 3.05) is 5.32 Å². The summed E-state index contributed by atoms with van der Waals surface area (Å²) < 4.78 is 0. The summed E-state index contributed by atoms with van der Waals surface area (Å²) in [6, 6.07) is 8.39. The predicted molar refractivity (Wildman–Crippen MR) is 94.1 cm³/mol. The molecule has 114 valence electrons. The van der Waals surface area contributed by atoms with E-state index in [0.29, 0.717) is 16.9 Å². The Bertz CT molecular complexity index is 505. The van der Waals surface area contributed by atoms with Gasteiger partial charge in [0.1, 0.15) is 0 Å². The molecule has 3 N–H and O–H groups in total. The van der Waals surface area contributed by atoms with Crippen LogP contribution in [0.4, 0.5) is 5.69 Å². The molecule has 0 bridgehead atoms. The Morgan fingerprint density at radius 3 is 2.57 bits per heavy atom. The van der Waals surface area contributed by atoms with Gasteiger partial charge in [0.2, 0.25) is 0 Å². The van der Waals surface area contributed by atoms with Crippen molar-refractivity contribution in [2.24, 2.45) is 5.92 Å². The SMILES string of the molecule is CC(C)c1ccc(NC(=S)NNC2=CCCC[C@@H]2C)cc1. The minimum absolute atomic E-state index is 0.547. The average molecular weight is 303 g/mol. The van der Waals surface area contributed by atoms with Crippen molar-refractivity contribution in [2.45, 2.75) is 46.0 Å². The summed E-state index contributed by atoms with van der Waals surface area (Å²) in [5, 5.41) is 3.78. The maximum absolute atomic E-state index is 5.32. The van der Waals surface area contributed by atoms with Crippen LogP contribution in [0.5, 0.6) is 0 Å². The summed E-state index contributed by atoms with van der Waals surface area (Å²) in [5.41, 5.74) is 9.87. The fourth-order valence-electron chi connectivity index (χ4n) is 2.46. The van der Waals surface area contributed by atoms with E-state index in [1.807, 2.05) is 0 Å². The number of nitrogens with one attached hydrogen (secondary N) is 3. The monoisotopic (exact) mass is 303 g/mol. The van der Waals surface area contributed by atoms with Crippen LogP contribution in [0.3, 0.4) is 0 Å². The molecule has 1 aromatic carbocycles. The van der Waals surface area contributed by atoms with Gasteiger partial charge in [-0.05, 0) is 61.0 Å². The molecular formula is C17H25N3S. The number of hydrogen-bond acceptors (Lipinski definition) is 2. The van der Waals surface area contributed by atoms with E-state index in [-0.39, 0.29) is 0 Å². The Kier molecular flexibility index (Phi) is 5.62. The molecule has 0 fully saturated rings. The molecule has 0 aliphatic heterocycles. The van der Waals surface area contributed by atoms with Crippen LogP contribution in [-0.2, 0) is 0 Å². The van der Waals surface area contributed by atoms with Gasteiger partial charge in [-0.3, -0.25) is 5.43 Å². The molecule has 0 saturated carbocycles. The molecule has 1 atom stereocenters.